The predicted octanol–water partition coefficient (Wildman–Crippen LogP) is 2.28. The number of hydrogen-bond acceptors (Lipinski definition) is 7. The third-order valence-electron chi connectivity index (χ3n) is 3.28. The number of para-hydroxylation sites is 1. The van der Waals surface area contributed by atoms with E-state index >= 15 is 0 Å². The van der Waals surface area contributed by atoms with E-state index in [2.05, 4.69) is 31.0 Å². The number of carbonyl (C=O) groups excluding carboxylic acids is 2. The number of hydrogen-bond donors (Lipinski definition) is 3. The van der Waals surface area contributed by atoms with Crippen molar-refractivity contribution < 1.29 is 14.3 Å². The number of nitrogens with zero attached hydrogens (tertiary/aromatic N) is 3. The second-order valence-corrected chi connectivity index (χ2v) is 6.17. The van der Waals surface area contributed by atoms with Crippen LogP contribution in [0.1, 0.15) is 17.5 Å². The van der Waals surface area contributed by atoms with E-state index in [0.29, 0.717) is 5.01 Å². The van der Waals surface area contributed by atoms with Crippen molar-refractivity contribution in [3.63, 3.8) is 0 Å². The number of nitrogens with one attached hydrogen (secondary N) is 3. The molecule has 0 bridgehead atoms. The van der Waals surface area contributed by atoms with Gasteiger partial charge in [0.2, 0.25) is 11.0 Å². The first-order valence-electron chi connectivity index (χ1n) is 7.80. The molecule has 10 heteroatoms. The predicted molar refractivity (Wildman–Crippen MR) is 98.3 cm³/mol. The normalized spacial score (nSPS) is 11.0. The van der Waals surface area contributed by atoms with Crippen LogP contribution in [0.2, 0.25) is 0 Å². The molecule has 2 heterocycles. The summed E-state index contributed by atoms with van der Waals surface area (Å²) in [6, 6.07) is 7.80. The Balaban J connectivity index is 1.53. The summed E-state index contributed by atoms with van der Waals surface area (Å²) in [6.45, 7) is 1.96. The van der Waals surface area contributed by atoms with Gasteiger partial charge < -0.3 is 9.72 Å². The quantitative estimate of drug-likeness (QED) is 0.453. The largest absolute Gasteiger partial charge is 0.450 e. The summed E-state index contributed by atoms with van der Waals surface area (Å²) in [5.41, 5.74) is 4.32. The Bertz CT molecular complexity index is 948. The average molecular weight is 372 g/mol. The number of H-pyrrole nitrogens is 1. The van der Waals surface area contributed by atoms with E-state index in [1.807, 2.05) is 30.5 Å². The lowest BCUT2D eigenvalue weighted by Crippen LogP contribution is -2.19. The third-order valence-corrected chi connectivity index (χ3v) is 4.12. The number of fused-ring (bicyclic) bond motifs is 1. The van der Waals surface area contributed by atoms with E-state index in [1.54, 1.807) is 13.1 Å². The number of aromatic amines is 1. The summed E-state index contributed by atoms with van der Waals surface area (Å²) in [4.78, 5) is 26.4. The molecule has 1 aromatic carbocycles. The summed E-state index contributed by atoms with van der Waals surface area (Å²) >= 11 is 1.10. The van der Waals surface area contributed by atoms with Crippen LogP contribution in [-0.2, 0) is 16.0 Å². The number of hydrazone groups is 1. The lowest BCUT2D eigenvalue weighted by molar-refractivity contribution is -0.120. The van der Waals surface area contributed by atoms with E-state index in [4.69, 9.17) is 4.74 Å². The van der Waals surface area contributed by atoms with Crippen molar-refractivity contribution >= 4 is 45.6 Å². The first kappa shape index (κ1) is 17.5. The molecule has 0 unspecified atom stereocenters. The van der Waals surface area contributed by atoms with Crippen molar-refractivity contribution in [2.45, 2.75) is 13.3 Å². The first-order valence-corrected chi connectivity index (χ1v) is 8.61. The molecular formula is C16H16N6O3S. The number of amides is 2. The molecule has 0 saturated heterocycles. The van der Waals surface area contributed by atoms with Gasteiger partial charge in [-0.1, -0.05) is 29.5 Å². The van der Waals surface area contributed by atoms with Crippen molar-refractivity contribution in [1.29, 1.82) is 0 Å². The van der Waals surface area contributed by atoms with E-state index < -0.39 is 6.09 Å². The molecule has 9 nitrogen and oxygen atoms in total. The molecule has 0 aliphatic rings. The van der Waals surface area contributed by atoms with Gasteiger partial charge in [-0.2, -0.15) is 5.10 Å². The fourth-order valence-corrected chi connectivity index (χ4v) is 2.91. The Labute approximate surface area is 152 Å². The number of ether oxygens (including phenoxy) is 1. The smallest absolute Gasteiger partial charge is 0.413 e. The summed E-state index contributed by atoms with van der Waals surface area (Å²) in [5, 5.41) is 15.8. The lowest BCUT2D eigenvalue weighted by Gasteiger charge is -1.99. The maximum Gasteiger partial charge on any atom is 0.413 e. The number of rotatable bonds is 6. The molecule has 2 amide bonds. The van der Waals surface area contributed by atoms with Gasteiger partial charge in [0.1, 0.15) is 5.01 Å². The zero-order chi connectivity index (χ0) is 18.4. The highest BCUT2D eigenvalue weighted by molar-refractivity contribution is 7.15. The number of benzene rings is 1. The number of anilines is 1. The minimum absolute atomic E-state index is 0.00734. The topological polar surface area (TPSA) is 121 Å². The van der Waals surface area contributed by atoms with Gasteiger partial charge in [0.15, 0.2) is 0 Å². The molecular weight excluding hydrogens is 356 g/mol. The molecule has 2 aromatic heterocycles. The molecule has 0 radical (unpaired) electrons. The fraction of sp³-hybridized carbons (Fsp3) is 0.188. The second kappa shape index (κ2) is 8.21. The van der Waals surface area contributed by atoms with Crippen molar-refractivity contribution in [3.05, 3.63) is 41.0 Å². The number of carbonyl (C=O) groups is 2. The molecule has 0 aliphatic heterocycles. The van der Waals surface area contributed by atoms with Crippen LogP contribution in [0.4, 0.5) is 9.93 Å². The molecule has 3 N–H and O–H groups in total. The molecule has 0 aliphatic carbocycles. The summed E-state index contributed by atoms with van der Waals surface area (Å²) < 4.78 is 4.74. The van der Waals surface area contributed by atoms with Gasteiger partial charge in [0.25, 0.3) is 0 Å². The van der Waals surface area contributed by atoms with Crippen LogP contribution in [0.15, 0.2) is 35.6 Å². The van der Waals surface area contributed by atoms with Crippen LogP contribution < -0.4 is 10.7 Å². The summed E-state index contributed by atoms with van der Waals surface area (Å²) in [5.74, 6) is -0.333. The third kappa shape index (κ3) is 4.42. The van der Waals surface area contributed by atoms with Crippen LogP contribution in [0.3, 0.4) is 0 Å². The highest BCUT2D eigenvalue weighted by Crippen LogP contribution is 2.16. The SMILES string of the molecule is CCOC(=O)Nc1nnc(CC(=O)N/N=C\c2c[nH]c3ccccc23)s1. The van der Waals surface area contributed by atoms with Gasteiger partial charge >= 0.3 is 6.09 Å². The zero-order valence-corrected chi connectivity index (χ0v) is 14.7. The molecule has 0 fully saturated rings. The van der Waals surface area contributed by atoms with Crippen LogP contribution in [0.5, 0.6) is 0 Å². The molecule has 26 heavy (non-hydrogen) atoms. The van der Waals surface area contributed by atoms with E-state index in [1.165, 1.54) is 0 Å². The Morgan fingerprint density at radius 3 is 3.04 bits per heavy atom. The van der Waals surface area contributed by atoms with Crippen LogP contribution in [0.25, 0.3) is 10.9 Å². The summed E-state index contributed by atoms with van der Waals surface area (Å²) in [7, 11) is 0. The lowest BCUT2D eigenvalue weighted by atomic mass is 10.2. The minimum atomic E-state index is -0.608. The van der Waals surface area contributed by atoms with Crippen LogP contribution in [0, 0.1) is 0 Å². The van der Waals surface area contributed by atoms with Gasteiger partial charge in [-0.15, -0.1) is 10.2 Å². The average Bonchev–Trinajstić information content (AvgIpc) is 3.22. The van der Waals surface area contributed by atoms with Crippen molar-refractivity contribution in [1.82, 2.24) is 20.6 Å². The van der Waals surface area contributed by atoms with Crippen LogP contribution >= 0.6 is 11.3 Å². The minimum Gasteiger partial charge on any atom is -0.450 e. The van der Waals surface area contributed by atoms with Gasteiger partial charge in [0, 0.05) is 22.7 Å². The molecule has 0 atom stereocenters. The van der Waals surface area contributed by atoms with Gasteiger partial charge in [-0.25, -0.2) is 10.2 Å². The van der Waals surface area contributed by atoms with Crippen molar-refractivity contribution in [2.75, 3.05) is 11.9 Å². The van der Waals surface area contributed by atoms with E-state index in [0.717, 1.165) is 27.8 Å². The standard InChI is InChI=1S/C16H16N6O3S/c1-2-25-16(24)19-15-22-21-14(26-15)7-13(23)20-18-9-10-8-17-12-6-4-3-5-11(10)12/h3-6,8-9,17H,2,7H2,1H3,(H,20,23)(H,19,22,24)/b18-9-. The molecule has 3 aromatic rings. The Kier molecular flexibility index (Phi) is 5.54. The summed E-state index contributed by atoms with van der Waals surface area (Å²) in [6.07, 6.45) is 2.79. The highest BCUT2D eigenvalue weighted by Gasteiger charge is 2.11. The van der Waals surface area contributed by atoms with Gasteiger partial charge in [-0.3, -0.25) is 10.1 Å². The fourth-order valence-electron chi connectivity index (χ4n) is 2.18. The van der Waals surface area contributed by atoms with Gasteiger partial charge in [-0.05, 0) is 13.0 Å². The van der Waals surface area contributed by atoms with E-state index in [-0.39, 0.29) is 24.1 Å². The van der Waals surface area contributed by atoms with E-state index in [9.17, 15) is 9.59 Å². The monoisotopic (exact) mass is 372 g/mol. The van der Waals surface area contributed by atoms with Crippen molar-refractivity contribution in [3.8, 4) is 0 Å². The maximum atomic E-state index is 11.9. The molecule has 134 valence electrons. The Morgan fingerprint density at radius 1 is 1.35 bits per heavy atom. The Morgan fingerprint density at radius 2 is 2.19 bits per heavy atom. The number of aromatic nitrogens is 3. The van der Waals surface area contributed by atoms with Gasteiger partial charge in [0.05, 0.1) is 19.2 Å². The van der Waals surface area contributed by atoms with Crippen LogP contribution in [-0.4, -0.2) is 40.0 Å². The Hall–Kier alpha value is -3.27. The molecule has 0 spiro atoms. The molecule has 0 saturated carbocycles. The molecule has 3 rings (SSSR count). The highest BCUT2D eigenvalue weighted by atomic mass is 32.1. The zero-order valence-electron chi connectivity index (χ0n) is 13.9. The maximum absolute atomic E-state index is 11.9. The second-order valence-electron chi connectivity index (χ2n) is 5.11. The van der Waals surface area contributed by atoms with Crippen molar-refractivity contribution in [2.24, 2.45) is 5.10 Å². The first-order chi connectivity index (χ1) is 12.7.